The molecule has 25 heavy (non-hydrogen) atoms. The van der Waals surface area contributed by atoms with Crippen LogP contribution in [0.25, 0.3) is 5.65 Å². The van der Waals surface area contributed by atoms with Crippen LogP contribution in [-0.4, -0.2) is 25.1 Å². The van der Waals surface area contributed by atoms with Gasteiger partial charge in [0.15, 0.2) is 0 Å². The van der Waals surface area contributed by atoms with Gasteiger partial charge in [0, 0.05) is 25.4 Å². The molecule has 0 aliphatic heterocycles. The third-order valence-electron chi connectivity index (χ3n) is 4.13. The molecule has 7 nitrogen and oxygen atoms in total. The van der Waals surface area contributed by atoms with E-state index in [2.05, 4.69) is 15.4 Å². The van der Waals surface area contributed by atoms with E-state index < -0.39 is 0 Å². The third-order valence-corrected chi connectivity index (χ3v) is 4.13. The largest absolute Gasteiger partial charge is 0.350 e. The fourth-order valence-electron chi connectivity index (χ4n) is 2.79. The second-order valence-electron chi connectivity index (χ2n) is 6.00. The SMILES string of the molecule is Cc1nn(CCCC(=O)NC(C)c2ccccc2)c(=O)c2nccn12. The number of hydrogen-bond donors (Lipinski definition) is 1. The van der Waals surface area contributed by atoms with Gasteiger partial charge in [-0.3, -0.25) is 14.0 Å². The summed E-state index contributed by atoms with van der Waals surface area (Å²) in [6, 6.07) is 9.77. The Hall–Kier alpha value is -2.96. The number of benzene rings is 1. The maximum absolute atomic E-state index is 12.3. The van der Waals surface area contributed by atoms with Crippen molar-refractivity contribution in [1.29, 1.82) is 0 Å². The summed E-state index contributed by atoms with van der Waals surface area (Å²) in [6.07, 6.45) is 4.16. The Morgan fingerprint density at radius 2 is 2.04 bits per heavy atom. The van der Waals surface area contributed by atoms with Gasteiger partial charge >= 0.3 is 5.56 Å². The summed E-state index contributed by atoms with van der Waals surface area (Å²) in [5.41, 5.74) is 1.18. The van der Waals surface area contributed by atoms with Gasteiger partial charge in [0.2, 0.25) is 11.6 Å². The number of amides is 1. The molecule has 0 aliphatic carbocycles. The first kappa shape index (κ1) is 16.9. The van der Waals surface area contributed by atoms with E-state index in [1.54, 1.807) is 16.8 Å². The van der Waals surface area contributed by atoms with Crippen molar-refractivity contribution in [3.63, 3.8) is 0 Å². The maximum Gasteiger partial charge on any atom is 0.310 e. The Morgan fingerprint density at radius 1 is 1.28 bits per heavy atom. The van der Waals surface area contributed by atoms with Gasteiger partial charge in [0.25, 0.3) is 0 Å². The first-order valence-corrected chi connectivity index (χ1v) is 8.31. The summed E-state index contributed by atoms with van der Waals surface area (Å²) in [7, 11) is 0. The molecule has 1 N–H and O–H groups in total. The van der Waals surface area contributed by atoms with E-state index in [4.69, 9.17) is 0 Å². The van der Waals surface area contributed by atoms with Gasteiger partial charge in [0.1, 0.15) is 5.82 Å². The number of nitrogens with zero attached hydrogens (tertiary/aromatic N) is 4. The summed E-state index contributed by atoms with van der Waals surface area (Å²) >= 11 is 0. The lowest BCUT2D eigenvalue weighted by Gasteiger charge is -2.14. The number of aryl methyl sites for hydroxylation is 2. The molecule has 0 spiro atoms. The highest BCUT2D eigenvalue weighted by molar-refractivity contribution is 5.76. The summed E-state index contributed by atoms with van der Waals surface area (Å²) in [5.74, 6) is 0.650. The normalized spacial score (nSPS) is 12.2. The van der Waals surface area contributed by atoms with Gasteiger partial charge in [-0.25, -0.2) is 9.67 Å². The van der Waals surface area contributed by atoms with Crippen LogP contribution in [0.15, 0.2) is 47.5 Å². The van der Waals surface area contributed by atoms with Crippen molar-refractivity contribution in [1.82, 2.24) is 24.5 Å². The van der Waals surface area contributed by atoms with Crippen LogP contribution in [0.5, 0.6) is 0 Å². The quantitative estimate of drug-likeness (QED) is 0.743. The zero-order valence-electron chi connectivity index (χ0n) is 14.3. The Morgan fingerprint density at radius 3 is 2.80 bits per heavy atom. The van der Waals surface area contributed by atoms with Gasteiger partial charge in [-0.05, 0) is 25.8 Å². The molecule has 0 radical (unpaired) electrons. The van der Waals surface area contributed by atoms with E-state index >= 15 is 0 Å². The summed E-state index contributed by atoms with van der Waals surface area (Å²) in [6.45, 7) is 4.16. The minimum Gasteiger partial charge on any atom is -0.350 e. The third kappa shape index (κ3) is 3.76. The van der Waals surface area contributed by atoms with Crippen molar-refractivity contribution < 1.29 is 4.79 Å². The number of rotatable bonds is 6. The standard InChI is InChI=1S/C18H21N5O2/c1-13(15-7-4-3-5-8-15)20-16(24)9-6-11-23-18(25)17-19-10-12-22(17)14(2)21-23/h3-5,7-8,10,12-13H,6,9,11H2,1-2H3,(H,20,24). The number of fused-ring (bicyclic) bond motifs is 1. The van der Waals surface area contributed by atoms with E-state index in [-0.39, 0.29) is 17.5 Å². The van der Waals surface area contributed by atoms with Crippen LogP contribution >= 0.6 is 0 Å². The van der Waals surface area contributed by atoms with E-state index in [0.29, 0.717) is 30.9 Å². The Labute approximate surface area is 145 Å². The maximum atomic E-state index is 12.3. The van der Waals surface area contributed by atoms with Crippen molar-refractivity contribution in [2.45, 2.75) is 39.3 Å². The number of hydrogen-bond acceptors (Lipinski definition) is 4. The zero-order valence-corrected chi connectivity index (χ0v) is 14.3. The molecule has 130 valence electrons. The molecule has 3 aromatic rings. The van der Waals surface area contributed by atoms with Crippen molar-refractivity contribution in [3.05, 3.63) is 64.5 Å². The number of carbonyl (C=O) groups is 1. The van der Waals surface area contributed by atoms with Crippen LogP contribution in [0.2, 0.25) is 0 Å². The molecule has 0 saturated heterocycles. The minimum atomic E-state index is -0.242. The van der Waals surface area contributed by atoms with Crippen LogP contribution in [0, 0.1) is 6.92 Å². The van der Waals surface area contributed by atoms with Crippen molar-refractivity contribution in [2.75, 3.05) is 0 Å². The average molecular weight is 339 g/mol. The molecule has 7 heteroatoms. The van der Waals surface area contributed by atoms with Crippen LogP contribution in [-0.2, 0) is 11.3 Å². The Kier molecular flexibility index (Phi) is 4.92. The lowest BCUT2D eigenvalue weighted by Crippen LogP contribution is -2.29. The van der Waals surface area contributed by atoms with Gasteiger partial charge in [-0.2, -0.15) is 5.10 Å². The van der Waals surface area contributed by atoms with Gasteiger partial charge < -0.3 is 5.32 Å². The highest BCUT2D eigenvalue weighted by Crippen LogP contribution is 2.11. The van der Waals surface area contributed by atoms with Gasteiger partial charge in [-0.1, -0.05) is 30.3 Å². The van der Waals surface area contributed by atoms with Crippen molar-refractivity contribution in [3.8, 4) is 0 Å². The van der Waals surface area contributed by atoms with Crippen molar-refractivity contribution >= 4 is 11.6 Å². The van der Waals surface area contributed by atoms with E-state index in [9.17, 15) is 9.59 Å². The zero-order chi connectivity index (χ0) is 17.8. The molecule has 1 aromatic carbocycles. The molecule has 1 amide bonds. The van der Waals surface area contributed by atoms with Crippen LogP contribution in [0.4, 0.5) is 0 Å². The first-order valence-electron chi connectivity index (χ1n) is 8.31. The number of carbonyl (C=O) groups excluding carboxylic acids is 1. The number of nitrogens with one attached hydrogen (secondary N) is 1. The summed E-state index contributed by atoms with van der Waals surface area (Å²) in [5, 5.41) is 7.24. The van der Waals surface area contributed by atoms with Crippen LogP contribution in [0.3, 0.4) is 0 Å². The number of imidazole rings is 1. The van der Waals surface area contributed by atoms with Gasteiger partial charge in [0.05, 0.1) is 6.04 Å². The molecule has 1 atom stereocenters. The molecule has 2 heterocycles. The molecule has 3 rings (SSSR count). The lowest BCUT2D eigenvalue weighted by atomic mass is 10.1. The van der Waals surface area contributed by atoms with E-state index in [0.717, 1.165) is 5.56 Å². The summed E-state index contributed by atoms with van der Waals surface area (Å²) in [4.78, 5) is 28.5. The molecule has 0 aliphatic rings. The fourth-order valence-corrected chi connectivity index (χ4v) is 2.79. The van der Waals surface area contributed by atoms with Gasteiger partial charge in [-0.15, -0.1) is 0 Å². The second kappa shape index (κ2) is 7.29. The van der Waals surface area contributed by atoms with E-state index in [1.165, 1.54) is 4.68 Å². The monoisotopic (exact) mass is 339 g/mol. The van der Waals surface area contributed by atoms with E-state index in [1.807, 2.05) is 44.2 Å². The molecule has 1 unspecified atom stereocenters. The second-order valence-corrected chi connectivity index (χ2v) is 6.00. The summed E-state index contributed by atoms with van der Waals surface area (Å²) < 4.78 is 3.04. The van der Waals surface area contributed by atoms with Crippen molar-refractivity contribution in [2.24, 2.45) is 0 Å². The average Bonchev–Trinajstić information content (AvgIpc) is 3.10. The Bertz CT molecular complexity index is 930. The molecule has 0 saturated carbocycles. The fraction of sp³-hybridized carbons (Fsp3) is 0.333. The lowest BCUT2D eigenvalue weighted by molar-refractivity contribution is -0.121. The smallest absolute Gasteiger partial charge is 0.310 e. The molecule has 2 aromatic heterocycles. The molecular weight excluding hydrogens is 318 g/mol. The van der Waals surface area contributed by atoms with Crippen LogP contribution in [0.1, 0.15) is 37.2 Å². The Balaban J connectivity index is 1.57. The minimum absolute atomic E-state index is 0.0389. The predicted octanol–water partition coefficient (Wildman–Crippen LogP) is 1.86. The van der Waals surface area contributed by atoms with Crippen LogP contribution < -0.4 is 10.9 Å². The first-order chi connectivity index (χ1) is 12.1. The molecule has 0 fully saturated rings. The predicted molar refractivity (Wildman–Crippen MR) is 94.2 cm³/mol. The number of aromatic nitrogens is 4. The highest BCUT2D eigenvalue weighted by atomic mass is 16.1. The topological polar surface area (TPSA) is 81.3 Å². The molecular formula is C18H21N5O2. The molecule has 0 bridgehead atoms. The highest BCUT2D eigenvalue weighted by Gasteiger charge is 2.11.